The standard InChI is InChI=1S/C14H12N2O6/c1-2-22-10-4-3-7(13(19)20)5-8(10)6-9-11(17)15-14(21)16-12(9)18/h3-6H,2H2,1H3,(H,19,20)(H2,15,16,17,18,21). The molecule has 0 atom stereocenters. The van der Waals surface area contributed by atoms with Gasteiger partial charge in [-0.3, -0.25) is 20.2 Å². The summed E-state index contributed by atoms with van der Waals surface area (Å²) < 4.78 is 5.34. The molecule has 1 heterocycles. The van der Waals surface area contributed by atoms with E-state index in [1.165, 1.54) is 24.3 Å². The van der Waals surface area contributed by atoms with Crippen LogP contribution in [0.1, 0.15) is 22.8 Å². The number of hydrogen-bond acceptors (Lipinski definition) is 5. The van der Waals surface area contributed by atoms with Crippen LogP contribution < -0.4 is 15.4 Å². The number of carboxylic acids is 1. The summed E-state index contributed by atoms with van der Waals surface area (Å²) >= 11 is 0. The predicted octanol–water partition coefficient (Wildman–Crippen LogP) is 0.533. The maximum atomic E-state index is 11.7. The van der Waals surface area contributed by atoms with Crippen molar-refractivity contribution >= 4 is 29.9 Å². The summed E-state index contributed by atoms with van der Waals surface area (Å²) in [6.07, 6.45) is 1.18. The van der Waals surface area contributed by atoms with Crippen molar-refractivity contribution < 1.29 is 29.0 Å². The van der Waals surface area contributed by atoms with Gasteiger partial charge in [-0.15, -0.1) is 0 Å². The van der Waals surface area contributed by atoms with Crippen molar-refractivity contribution in [1.82, 2.24) is 10.6 Å². The van der Waals surface area contributed by atoms with E-state index in [4.69, 9.17) is 9.84 Å². The number of benzene rings is 1. The van der Waals surface area contributed by atoms with Crippen molar-refractivity contribution in [2.24, 2.45) is 0 Å². The summed E-state index contributed by atoms with van der Waals surface area (Å²) in [5.41, 5.74) is -0.0949. The first kappa shape index (κ1) is 15.2. The molecule has 2 rings (SSSR count). The Labute approximate surface area is 124 Å². The van der Waals surface area contributed by atoms with E-state index >= 15 is 0 Å². The molecule has 0 spiro atoms. The lowest BCUT2D eigenvalue weighted by molar-refractivity contribution is -0.123. The molecule has 3 N–H and O–H groups in total. The van der Waals surface area contributed by atoms with Crippen molar-refractivity contribution in [3.8, 4) is 5.75 Å². The molecule has 8 heteroatoms. The molecule has 0 radical (unpaired) electrons. The number of ether oxygens (including phenoxy) is 1. The van der Waals surface area contributed by atoms with Crippen LogP contribution >= 0.6 is 0 Å². The van der Waals surface area contributed by atoms with E-state index in [-0.39, 0.29) is 16.7 Å². The number of rotatable bonds is 4. The molecule has 0 unspecified atom stereocenters. The second-order valence-electron chi connectivity index (χ2n) is 4.29. The number of imide groups is 2. The Balaban J connectivity index is 2.49. The van der Waals surface area contributed by atoms with Crippen LogP contribution in [0, 0.1) is 0 Å². The average Bonchev–Trinajstić information content (AvgIpc) is 2.44. The van der Waals surface area contributed by atoms with E-state index in [0.29, 0.717) is 12.4 Å². The molecule has 1 fully saturated rings. The number of carbonyl (C=O) groups excluding carboxylic acids is 3. The van der Waals surface area contributed by atoms with Gasteiger partial charge < -0.3 is 9.84 Å². The first-order chi connectivity index (χ1) is 10.4. The fraction of sp³-hybridized carbons (Fsp3) is 0.143. The number of hydrogen-bond donors (Lipinski definition) is 3. The summed E-state index contributed by atoms with van der Waals surface area (Å²) in [7, 11) is 0. The molecule has 1 aliphatic heterocycles. The minimum atomic E-state index is -1.16. The molecule has 0 bridgehead atoms. The summed E-state index contributed by atoms with van der Waals surface area (Å²) in [6, 6.07) is 3.15. The van der Waals surface area contributed by atoms with Gasteiger partial charge in [-0.2, -0.15) is 0 Å². The SMILES string of the molecule is CCOc1ccc(C(=O)O)cc1C=C1C(=O)NC(=O)NC1=O. The highest BCUT2D eigenvalue weighted by molar-refractivity contribution is 6.31. The van der Waals surface area contributed by atoms with Crippen LogP contribution in [0.2, 0.25) is 0 Å². The van der Waals surface area contributed by atoms with Crippen LogP contribution in [0.4, 0.5) is 4.79 Å². The van der Waals surface area contributed by atoms with E-state index in [1.54, 1.807) is 6.92 Å². The van der Waals surface area contributed by atoms with Gasteiger partial charge in [0.25, 0.3) is 11.8 Å². The van der Waals surface area contributed by atoms with Crippen molar-refractivity contribution in [2.45, 2.75) is 6.92 Å². The molecule has 1 aromatic rings. The van der Waals surface area contributed by atoms with Crippen molar-refractivity contribution in [3.63, 3.8) is 0 Å². The van der Waals surface area contributed by atoms with Gasteiger partial charge in [-0.25, -0.2) is 9.59 Å². The fourth-order valence-corrected chi connectivity index (χ4v) is 1.84. The Morgan fingerprint density at radius 3 is 2.41 bits per heavy atom. The van der Waals surface area contributed by atoms with E-state index in [2.05, 4.69) is 0 Å². The highest BCUT2D eigenvalue weighted by Gasteiger charge is 2.28. The maximum absolute atomic E-state index is 11.7. The Kier molecular flexibility index (Phi) is 4.21. The van der Waals surface area contributed by atoms with Crippen LogP contribution in [0.15, 0.2) is 23.8 Å². The Hall–Kier alpha value is -3.16. The number of carboxylic acid groups (broad SMARTS) is 1. The zero-order valence-corrected chi connectivity index (χ0v) is 11.5. The van der Waals surface area contributed by atoms with E-state index in [9.17, 15) is 19.2 Å². The number of carbonyl (C=O) groups is 4. The Morgan fingerprint density at radius 1 is 1.23 bits per heavy atom. The van der Waals surface area contributed by atoms with Crippen molar-refractivity contribution in [2.75, 3.05) is 6.61 Å². The summed E-state index contributed by atoms with van der Waals surface area (Å²) in [4.78, 5) is 45.4. The Morgan fingerprint density at radius 2 is 1.86 bits per heavy atom. The summed E-state index contributed by atoms with van der Waals surface area (Å²) in [5.74, 6) is -2.57. The van der Waals surface area contributed by atoms with E-state index < -0.39 is 23.8 Å². The number of amides is 4. The Bertz CT molecular complexity index is 685. The number of barbiturate groups is 1. The van der Waals surface area contributed by atoms with Crippen LogP contribution in [-0.2, 0) is 9.59 Å². The lowest BCUT2D eigenvalue weighted by atomic mass is 10.0. The van der Waals surface area contributed by atoms with Crippen LogP contribution in [0.5, 0.6) is 5.75 Å². The van der Waals surface area contributed by atoms with Gasteiger partial charge in [0.2, 0.25) is 0 Å². The van der Waals surface area contributed by atoms with E-state index in [0.717, 1.165) is 0 Å². The van der Waals surface area contributed by atoms with Gasteiger partial charge in [-0.05, 0) is 31.2 Å². The van der Waals surface area contributed by atoms with Gasteiger partial charge in [0, 0.05) is 5.56 Å². The van der Waals surface area contributed by atoms with Crippen LogP contribution in [0.3, 0.4) is 0 Å². The molecule has 0 aromatic heterocycles. The minimum absolute atomic E-state index is 0.0250. The molecule has 22 heavy (non-hydrogen) atoms. The quantitative estimate of drug-likeness (QED) is 0.551. The molecular formula is C14H12N2O6. The molecule has 8 nitrogen and oxygen atoms in total. The van der Waals surface area contributed by atoms with Gasteiger partial charge in [0.15, 0.2) is 0 Å². The smallest absolute Gasteiger partial charge is 0.335 e. The molecule has 114 valence electrons. The molecule has 1 aromatic carbocycles. The fourth-order valence-electron chi connectivity index (χ4n) is 1.84. The summed E-state index contributed by atoms with van der Waals surface area (Å²) in [5, 5.41) is 12.9. The maximum Gasteiger partial charge on any atom is 0.335 e. The number of nitrogens with one attached hydrogen (secondary N) is 2. The van der Waals surface area contributed by atoms with Gasteiger partial charge >= 0.3 is 12.0 Å². The highest BCUT2D eigenvalue weighted by Crippen LogP contribution is 2.24. The zero-order chi connectivity index (χ0) is 16.3. The first-order valence-electron chi connectivity index (χ1n) is 6.31. The monoisotopic (exact) mass is 304 g/mol. The molecular weight excluding hydrogens is 292 g/mol. The highest BCUT2D eigenvalue weighted by atomic mass is 16.5. The topological polar surface area (TPSA) is 122 Å². The van der Waals surface area contributed by atoms with Crippen LogP contribution in [0.25, 0.3) is 6.08 Å². The van der Waals surface area contributed by atoms with Crippen molar-refractivity contribution in [1.29, 1.82) is 0 Å². The third kappa shape index (κ3) is 3.11. The first-order valence-corrected chi connectivity index (χ1v) is 6.31. The third-order valence-corrected chi connectivity index (χ3v) is 2.80. The van der Waals surface area contributed by atoms with E-state index in [1.807, 2.05) is 10.6 Å². The molecule has 0 saturated carbocycles. The summed E-state index contributed by atoms with van der Waals surface area (Å²) in [6.45, 7) is 2.06. The predicted molar refractivity (Wildman–Crippen MR) is 74.2 cm³/mol. The average molecular weight is 304 g/mol. The van der Waals surface area contributed by atoms with Gasteiger partial charge in [0.1, 0.15) is 11.3 Å². The molecule has 4 amide bonds. The second-order valence-corrected chi connectivity index (χ2v) is 4.29. The molecule has 1 aliphatic rings. The largest absolute Gasteiger partial charge is 0.493 e. The lowest BCUT2D eigenvalue weighted by Crippen LogP contribution is -2.51. The van der Waals surface area contributed by atoms with Gasteiger partial charge in [0.05, 0.1) is 12.2 Å². The van der Waals surface area contributed by atoms with Gasteiger partial charge in [-0.1, -0.05) is 0 Å². The normalized spacial score (nSPS) is 14.2. The van der Waals surface area contributed by atoms with Crippen LogP contribution in [-0.4, -0.2) is 35.5 Å². The number of urea groups is 1. The molecule has 1 saturated heterocycles. The minimum Gasteiger partial charge on any atom is -0.493 e. The van der Waals surface area contributed by atoms with Crippen molar-refractivity contribution in [3.05, 3.63) is 34.9 Å². The zero-order valence-electron chi connectivity index (χ0n) is 11.5. The molecule has 0 aliphatic carbocycles. The lowest BCUT2D eigenvalue weighted by Gasteiger charge is -2.15. The second kappa shape index (κ2) is 6.08. The third-order valence-electron chi connectivity index (χ3n) is 2.80. The number of aromatic carboxylic acids is 1.